The molecule has 0 amide bonds. The molecule has 5 nitrogen and oxygen atoms in total. The van der Waals surface area contributed by atoms with Crippen LogP contribution >= 0.6 is 0 Å². The molecule has 0 radical (unpaired) electrons. The van der Waals surface area contributed by atoms with Gasteiger partial charge >= 0.3 is 6.01 Å². The van der Waals surface area contributed by atoms with Gasteiger partial charge in [-0.25, -0.2) is 4.98 Å². The van der Waals surface area contributed by atoms with Crippen molar-refractivity contribution in [1.29, 1.82) is 0 Å². The number of nitrogens with two attached hydrogens (primary N) is 1. The predicted molar refractivity (Wildman–Crippen MR) is 26.5 cm³/mol. The average molecular weight is 114 g/mol. The maximum absolute atomic E-state index is 10.0. The molecule has 0 spiro atoms. The Bertz CT molecular complexity index is 148. The lowest BCUT2D eigenvalue weighted by Crippen LogP contribution is -2.22. The average Bonchev–Trinajstić information content (AvgIpc) is 2.12. The molecule has 0 aliphatic carbocycles. The number of rotatable bonds is 1. The second-order valence-corrected chi connectivity index (χ2v) is 1.14. The van der Waals surface area contributed by atoms with Gasteiger partial charge in [0.05, 0.1) is 6.20 Å². The molecule has 0 aliphatic rings. The molecule has 1 rings (SSSR count). The minimum Gasteiger partial charge on any atom is -0.740 e. The summed E-state index contributed by atoms with van der Waals surface area (Å²) >= 11 is 0. The summed E-state index contributed by atoms with van der Waals surface area (Å²) in [6, 6.07) is -0.134. The van der Waals surface area contributed by atoms with Crippen LogP contribution in [-0.2, 0) is 0 Å². The first kappa shape index (κ1) is 5.07. The first-order valence-electron chi connectivity index (χ1n) is 1.92. The summed E-state index contributed by atoms with van der Waals surface area (Å²) in [6.07, 6.45) is 2.61. The highest BCUT2D eigenvalue weighted by atomic mass is 16.6. The van der Waals surface area contributed by atoms with Crippen LogP contribution in [0.4, 0.5) is 6.01 Å². The maximum atomic E-state index is 10.0. The van der Waals surface area contributed by atoms with E-state index in [2.05, 4.69) is 15.2 Å². The van der Waals surface area contributed by atoms with E-state index >= 15 is 0 Å². The van der Waals surface area contributed by atoms with Crippen molar-refractivity contribution in [1.82, 2.24) is 4.98 Å². The van der Waals surface area contributed by atoms with Crippen molar-refractivity contribution >= 4 is 6.01 Å². The van der Waals surface area contributed by atoms with Crippen LogP contribution in [0.5, 0.6) is 0 Å². The lowest BCUT2D eigenvalue weighted by atomic mass is 11.0. The maximum Gasteiger partial charge on any atom is 0.301 e. The number of oxazole rings is 1. The number of hydrazine groups is 1. The van der Waals surface area contributed by atoms with Crippen molar-refractivity contribution in [3.8, 4) is 0 Å². The zero-order chi connectivity index (χ0) is 5.98. The summed E-state index contributed by atoms with van der Waals surface area (Å²) in [6.45, 7) is 0. The molecule has 0 bridgehead atoms. The highest BCUT2D eigenvalue weighted by Gasteiger charge is 1.90. The van der Waals surface area contributed by atoms with E-state index in [0.29, 0.717) is 0 Å². The molecule has 0 fully saturated rings. The standard InChI is InChI=1S/C3H4N3O2/c4-6(7)3-5-1-2-8-3/h1-2H,4H2/q-1. The lowest BCUT2D eigenvalue weighted by Gasteiger charge is -2.16. The fourth-order valence-electron chi connectivity index (χ4n) is 0.325. The van der Waals surface area contributed by atoms with Gasteiger partial charge in [0.2, 0.25) is 0 Å². The predicted octanol–water partition coefficient (Wildman–Crippen LogP) is -0.147. The second-order valence-electron chi connectivity index (χ2n) is 1.14. The molecule has 2 N–H and O–H groups in total. The van der Waals surface area contributed by atoms with Gasteiger partial charge in [-0.05, 0) is 0 Å². The van der Waals surface area contributed by atoms with Crippen LogP contribution < -0.4 is 11.0 Å². The van der Waals surface area contributed by atoms with Crippen molar-refractivity contribution in [3.05, 3.63) is 17.7 Å². The Labute approximate surface area is 45.3 Å². The Morgan fingerprint density at radius 1 is 1.88 bits per heavy atom. The third-order valence-electron chi connectivity index (χ3n) is 0.608. The van der Waals surface area contributed by atoms with Crippen molar-refractivity contribution in [2.45, 2.75) is 0 Å². The van der Waals surface area contributed by atoms with Gasteiger partial charge in [-0.1, -0.05) is 0 Å². The monoisotopic (exact) mass is 114 g/mol. The summed E-state index contributed by atoms with van der Waals surface area (Å²) in [5.74, 6) is 4.68. The molecule has 44 valence electrons. The molecular weight excluding hydrogens is 110 g/mol. The van der Waals surface area contributed by atoms with Crippen LogP contribution in [-0.4, -0.2) is 4.98 Å². The molecule has 1 aromatic rings. The van der Waals surface area contributed by atoms with E-state index in [1.165, 1.54) is 12.5 Å². The van der Waals surface area contributed by atoms with Gasteiger partial charge in [0.1, 0.15) is 6.26 Å². The molecule has 0 atom stereocenters. The van der Waals surface area contributed by atoms with Gasteiger partial charge in [-0.15, -0.1) is 0 Å². The highest BCUT2D eigenvalue weighted by Crippen LogP contribution is 2.02. The highest BCUT2D eigenvalue weighted by molar-refractivity contribution is 5.21. The smallest absolute Gasteiger partial charge is 0.301 e. The van der Waals surface area contributed by atoms with Gasteiger partial charge in [0.25, 0.3) is 0 Å². The van der Waals surface area contributed by atoms with Gasteiger partial charge in [0, 0.05) is 0 Å². The third kappa shape index (κ3) is 0.772. The zero-order valence-corrected chi connectivity index (χ0v) is 3.94. The minimum atomic E-state index is -0.134. The van der Waals surface area contributed by atoms with Crippen molar-refractivity contribution in [2.24, 2.45) is 5.84 Å². The van der Waals surface area contributed by atoms with Crippen LogP contribution in [0.3, 0.4) is 0 Å². The van der Waals surface area contributed by atoms with Crippen LogP contribution in [0.1, 0.15) is 0 Å². The topological polar surface area (TPSA) is 78.3 Å². The zero-order valence-electron chi connectivity index (χ0n) is 3.94. The van der Waals surface area contributed by atoms with E-state index in [1.54, 1.807) is 0 Å². The summed E-state index contributed by atoms with van der Waals surface area (Å²) in [4.78, 5) is 3.44. The van der Waals surface area contributed by atoms with Crippen LogP contribution in [0.2, 0.25) is 0 Å². The molecule has 0 saturated heterocycles. The van der Waals surface area contributed by atoms with Crippen molar-refractivity contribution in [2.75, 3.05) is 5.17 Å². The summed E-state index contributed by atoms with van der Waals surface area (Å²) in [5.41, 5.74) is 0. The summed E-state index contributed by atoms with van der Waals surface area (Å²) < 4.78 is 4.47. The van der Waals surface area contributed by atoms with E-state index in [4.69, 9.17) is 0 Å². The Balaban J connectivity index is 2.77. The Morgan fingerprint density at radius 2 is 2.62 bits per heavy atom. The van der Waals surface area contributed by atoms with Gasteiger partial charge in [-0.3, -0.25) is 5.84 Å². The second kappa shape index (κ2) is 1.81. The first-order chi connectivity index (χ1) is 3.80. The third-order valence-corrected chi connectivity index (χ3v) is 0.608. The molecule has 0 unspecified atom stereocenters. The Hall–Kier alpha value is -1.07. The molecule has 5 heteroatoms. The first-order valence-corrected chi connectivity index (χ1v) is 1.92. The molecule has 0 saturated carbocycles. The molecule has 0 aromatic carbocycles. The van der Waals surface area contributed by atoms with Crippen molar-refractivity contribution < 1.29 is 4.42 Å². The van der Waals surface area contributed by atoms with Crippen LogP contribution in [0.15, 0.2) is 16.9 Å². The minimum absolute atomic E-state index is 0.0556. The Kier molecular flexibility index (Phi) is 1.15. The largest absolute Gasteiger partial charge is 0.740 e. The van der Waals surface area contributed by atoms with E-state index in [1.807, 2.05) is 0 Å². The number of hydrogen-bond donors (Lipinski definition) is 1. The number of aromatic nitrogens is 1. The van der Waals surface area contributed by atoms with Gasteiger partial charge in [-0.2, -0.15) is 0 Å². The van der Waals surface area contributed by atoms with Gasteiger partial charge in [0.15, 0.2) is 0 Å². The lowest BCUT2D eigenvalue weighted by molar-refractivity contribution is 0.554. The van der Waals surface area contributed by atoms with Crippen LogP contribution in [0.25, 0.3) is 0 Å². The fraction of sp³-hybridized carbons (Fsp3) is 0. The number of hydrogen-bond acceptors (Lipinski definition) is 5. The summed E-state index contributed by atoms with van der Waals surface area (Å²) in [5, 5.41) is 10.1. The summed E-state index contributed by atoms with van der Waals surface area (Å²) in [7, 11) is 0. The van der Waals surface area contributed by atoms with Crippen molar-refractivity contribution in [3.63, 3.8) is 0 Å². The number of nitrogens with zero attached hydrogens (tertiary/aromatic N) is 2. The van der Waals surface area contributed by atoms with Gasteiger partial charge < -0.3 is 14.8 Å². The van der Waals surface area contributed by atoms with Crippen LogP contribution in [0, 0.1) is 5.21 Å². The molecule has 8 heavy (non-hydrogen) atoms. The number of anilines is 1. The molecule has 1 heterocycles. The molecular formula is C3H4N3O2-. The van der Waals surface area contributed by atoms with E-state index < -0.39 is 0 Å². The van der Waals surface area contributed by atoms with E-state index in [9.17, 15) is 5.21 Å². The Morgan fingerprint density at radius 3 is 2.88 bits per heavy atom. The normalized spacial score (nSPS) is 9.25. The fourth-order valence-corrected chi connectivity index (χ4v) is 0.325. The molecule has 1 aromatic heterocycles. The van der Waals surface area contributed by atoms with E-state index in [0.717, 1.165) is 0 Å². The quantitative estimate of drug-likeness (QED) is 0.405. The molecule has 0 aliphatic heterocycles. The SMILES string of the molecule is NN([O-])c1ncco1. The van der Waals surface area contributed by atoms with E-state index in [-0.39, 0.29) is 11.2 Å².